The first-order valence-corrected chi connectivity index (χ1v) is 7.47. The highest BCUT2D eigenvalue weighted by Crippen LogP contribution is 2.24. The van der Waals surface area contributed by atoms with Gasteiger partial charge in [0.2, 0.25) is 0 Å². The average molecular weight is 267 g/mol. The van der Waals surface area contributed by atoms with E-state index in [1.165, 1.54) is 11.1 Å². The zero-order valence-corrected chi connectivity index (χ0v) is 12.8. The van der Waals surface area contributed by atoms with Crippen LogP contribution in [0.4, 0.5) is 0 Å². The molecule has 1 N–H and O–H groups in total. The Kier molecular flexibility index (Phi) is 4.97. The molecule has 0 amide bonds. The topological polar surface area (TPSA) is 12.0 Å². The van der Waals surface area contributed by atoms with Crippen molar-refractivity contribution in [2.24, 2.45) is 0 Å². The van der Waals surface area contributed by atoms with Crippen LogP contribution >= 0.6 is 0 Å². The Morgan fingerprint density at radius 2 is 1.30 bits per heavy atom. The number of benzene rings is 2. The fourth-order valence-electron chi connectivity index (χ4n) is 2.30. The van der Waals surface area contributed by atoms with Gasteiger partial charge in [-0.1, -0.05) is 67.6 Å². The Balaban J connectivity index is 2.22. The van der Waals surface area contributed by atoms with Gasteiger partial charge >= 0.3 is 0 Å². The van der Waals surface area contributed by atoms with Crippen LogP contribution in [0.15, 0.2) is 60.7 Å². The smallest absolute Gasteiger partial charge is 0.0214 e. The molecule has 0 heterocycles. The molecule has 0 aliphatic rings. The van der Waals surface area contributed by atoms with Gasteiger partial charge in [-0.2, -0.15) is 0 Å². The van der Waals surface area contributed by atoms with Crippen molar-refractivity contribution < 1.29 is 0 Å². The van der Waals surface area contributed by atoms with Gasteiger partial charge in [0.1, 0.15) is 0 Å². The molecule has 0 radical (unpaired) electrons. The van der Waals surface area contributed by atoms with Crippen LogP contribution in [-0.4, -0.2) is 12.1 Å². The van der Waals surface area contributed by atoms with Crippen molar-refractivity contribution >= 4 is 0 Å². The Morgan fingerprint density at radius 3 is 1.70 bits per heavy atom. The molecule has 0 aliphatic carbocycles. The third kappa shape index (κ3) is 3.94. The fraction of sp³-hybridized carbons (Fsp3) is 0.368. The average Bonchev–Trinajstić information content (AvgIpc) is 2.49. The summed E-state index contributed by atoms with van der Waals surface area (Å²) in [5, 5.41) is 3.71. The molecule has 0 unspecified atom stereocenters. The van der Waals surface area contributed by atoms with Gasteiger partial charge in [0.15, 0.2) is 0 Å². The summed E-state index contributed by atoms with van der Waals surface area (Å²) in [6.07, 6.45) is 1.13. The molecule has 2 aromatic rings. The van der Waals surface area contributed by atoms with Crippen molar-refractivity contribution in [3.05, 3.63) is 71.8 Å². The van der Waals surface area contributed by atoms with Gasteiger partial charge < -0.3 is 5.32 Å². The van der Waals surface area contributed by atoms with E-state index in [9.17, 15) is 0 Å². The van der Waals surface area contributed by atoms with Gasteiger partial charge in [0.25, 0.3) is 0 Å². The highest BCUT2D eigenvalue weighted by Gasteiger charge is 2.19. The Labute approximate surface area is 123 Å². The summed E-state index contributed by atoms with van der Waals surface area (Å²) in [7, 11) is 0. The fourth-order valence-corrected chi connectivity index (χ4v) is 2.30. The van der Waals surface area contributed by atoms with E-state index in [4.69, 9.17) is 0 Å². The molecule has 0 saturated heterocycles. The normalized spacial score (nSPS) is 11.8. The molecule has 0 aliphatic heterocycles. The Morgan fingerprint density at radius 1 is 0.850 bits per heavy atom. The zero-order valence-electron chi connectivity index (χ0n) is 12.8. The number of hydrogen-bond acceptors (Lipinski definition) is 1. The summed E-state index contributed by atoms with van der Waals surface area (Å²) in [5.41, 5.74) is 2.93. The lowest BCUT2D eigenvalue weighted by Crippen LogP contribution is -2.41. The van der Waals surface area contributed by atoms with Gasteiger partial charge in [-0.3, -0.25) is 0 Å². The highest BCUT2D eigenvalue weighted by molar-refractivity contribution is 5.32. The van der Waals surface area contributed by atoms with Gasteiger partial charge in [-0.25, -0.2) is 0 Å². The predicted molar refractivity (Wildman–Crippen MR) is 87.1 cm³/mol. The molecule has 0 aromatic heterocycles. The monoisotopic (exact) mass is 267 g/mol. The first-order valence-electron chi connectivity index (χ1n) is 7.47. The van der Waals surface area contributed by atoms with Crippen LogP contribution in [-0.2, 0) is 0 Å². The van der Waals surface area contributed by atoms with Gasteiger partial charge in [-0.05, 0) is 31.4 Å². The lowest BCUT2D eigenvalue weighted by atomic mass is 9.90. The van der Waals surface area contributed by atoms with E-state index >= 15 is 0 Å². The van der Waals surface area contributed by atoms with Crippen molar-refractivity contribution in [3.8, 4) is 0 Å². The molecular weight excluding hydrogens is 242 g/mol. The SMILES string of the molecule is CCC(C)(C)NCC(c1ccccc1)c1ccccc1. The van der Waals surface area contributed by atoms with Crippen molar-refractivity contribution in [3.63, 3.8) is 0 Å². The molecule has 2 aromatic carbocycles. The van der Waals surface area contributed by atoms with Crippen LogP contribution in [0.5, 0.6) is 0 Å². The van der Waals surface area contributed by atoms with Gasteiger partial charge in [-0.15, -0.1) is 0 Å². The summed E-state index contributed by atoms with van der Waals surface area (Å²) >= 11 is 0. The maximum Gasteiger partial charge on any atom is 0.0214 e. The predicted octanol–water partition coefficient (Wildman–Crippen LogP) is 4.60. The first kappa shape index (κ1) is 14.8. The maximum absolute atomic E-state index is 3.71. The van der Waals surface area contributed by atoms with Crippen molar-refractivity contribution in [2.45, 2.75) is 38.6 Å². The number of hydrogen-bond donors (Lipinski definition) is 1. The number of nitrogens with one attached hydrogen (secondary N) is 1. The van der Waals surface area contributed by atoms with Crippen molar-refractivity contribution in [1.29, 1.82) is 0 Å². The van der Waals surface area contributed by atoms with E-state index in [1.54, 1.807) is 0 Å². The number of rotatable bonds is 6. The minimum atomic E-state index is 0.182. The highest BCUT2D eigenvalue weighted by atomic mass is 15.0. The van der Waals surface area contributed by atoms with Crippen molar-refractivity contribution in [2.75, 3.05) is 6.54 Å². The van der Waals surface area contributed by atoms with Crippen LogP contribution in [0.1, 0.15) is 44.2 Å². The van der Waals surface area contributed by atoms with E-state index in [0.717, 1.165) is 13.0 Å². The van der Waals surface area contributed by atoms with Crippen LogP contribution in [0.2, 0.25) is 0 Å². The molecule has 1 heteroatoms. The molecule has 106 valence electrons. The summed E-state index contributed by atoms with van der Waals surface area (Å²) in [6.45, 7) is 7.72. The van der Waals surface area contributed by atoms with Gasteiger partial charge in [0, 0.05) is 18.0 Å². The van der Waals surface area contributed by atoms with Crippen LogP contribution in [0, 0.1) is 0 Å². The molecule has 1 nitrogen and oxygen atoms in total. The molecular formula is C19H25N. The minimum absolute atomic E-state index is 0.182. The lowest BCUT2D eigenvalue weighted by molar-refractivity contribution is 0.371. The summed E-state index contributed by atoms with van der Waals surface area (Å²) in [4.78, 5) is 0. The molecule has 0 bridgehead atoms. The molecule has 0 saturated carbocycles. The second kappa shape index (κ2) is 6.71. The van der Waals surface area contributed by atoms with E-state index < -0.39 is 0 Å². The standard InChI is InChI=1S/C19H25N/c1-4-19(2,3)20-15-18(16-11-7-5-8-12-16)17-13-9-6-10-14-17/h5-14,18,20H,4,15H2,1-3H3. The zero-order chi connectivity index (χ0) is 14.4. The van der Waals surface area contributed by atoms with Crippen LogP contribution < -0.4 is 5.32 Å². The van der Waals surface area contributed by atoms with E-state index in [2.05, 4.69) is 86.8 Å². The Hall–Kier alpha value is -1.60. The molecule has 0 fully saturated rings. The summed E-state index contributed by atoms with van der Waals surface area (Å²) in [6, 6.07) is 21.5. The maximum atomic E-state index is 3.71. The Bertz CT molecular complexity index is 462. The summed E-state index contributed by atoms with van der Waals surface area (Å²) < 4.78 is 0. The molecule has 2 rings (SSSR count). The minimum Gasteiger partial charge on any atom is -0.311 e. The van der Waals surface area contributed by atoms with Gasteiger partial charge in [0.05, 0.1) is 0 Å². The molecule has 20 heavy (non-hydrogen) atoms. The second-order valence-corrected chi connectivity index (χ2v) is 5.99. The largest absolute Gasteiger partial charge is 0.311 e. The van der Waals surface area contributed by atoms with E-state index in [0.29, 0.717) is 5.92 Å². The quantitative estimate of drug-likeness (QED) is 0.806. The third-order valence-electron chi connectivity index (χ3n) is 4.07. The summed E-state index contributed by atoms with van der Waals surface area (Å²) in [5.74, 6) is 0.406. The molecule has 0 spiro atoms. The van der Waals surface area contributed by atoms with E-state index in [-0.39, 0.29) is 5.54 Å². The van der Waals surface area contributed by atoms with E-state index in [1.807, 2.05) is 0 Å². The van der Waals surface area contributed by atoms with Crippen molar-refractivity contribution in [1.82, 2.24) is 5.32 Å². The lowest BCUT2D eigenvalue weighted by Gasteiger charge is -2.28. The first-order chi connectivity index (χ1) is 9.62. The third-order valence-corrected chi connectivity index (χ3v) is 4.07. The molecule has 0 atom stereocenters. The second-order valence-electron chi connectivity index (χ2n) is 5.99. The van der Waals surface area contributed by atoms with Crippen LogP contribution in [0.3, 0.4) is 0 Å². The van der Waals surface area contributed by atoms with Crippen LogP contribution in [0.25, 0.3) is 0 Å².